The maximum absolute atomic E-state index is 12.6. The lowest BCUT2D eigenvalue weighted by molar-refractivity contribution is 0.659. The summed E-state index contributed by atoms with van der Waals surface area (Å²) in [5.41, 5.74) is 1.29. The molecular weight excluding hydrogens is 139 g/mol. The van der Waals surface area contributed by atoms with Crippen LogP contribution >= 0.6 is 0 Å². The lowest BCUT2D eigenvalue weighted by Crippen LogP contribution is -1.91. The number of rotatable bonds is 1. The highest BCUT2D eigenvalue weighted by Crippen LogP contribution is 2.18. The highest BCUT2D eigenvalue weighted by molar-refractivity contribution is 5.27. The molecule has 0 aromatic heterocycles. The highest BCUT2D eigenvalue weighted by Gasteiger charge is 2.02. The van der Waals surface area contributed by atoms with E-state index in [1.54, 1.807) is 12.2 Å². The van der Waals surface area contributed by atoms with Crippen molar-refractivity contribution >= 4 is 0 Å². The summed E-state index contributed by atoms with van der Waals surface area (Å²) in [5, 5.41) is 0. The fourth-order valence-electron chi connectivity index (χ4n) is 1.04. The Kier molecular flexibility index (Phi) is 2.64. The Morgan fingerprint density at radius 3 is 2.82 bits per heavy atom. The fraction of sp³-hybridized carbons (Fsp3) is 0.400. The van der Waals surface area contributed by atoms with Gasteiger partial charge in [0.25, 0.3) is 0 Å². The molecule has 0 saturated carbocycles. The second-order valence-electron chi connectivity index (χ2n) is 3.05. The minimum atomic E-state index is -0.128. The highest BCUT2D eigenvalue weighted by atomic mass is 19.1. The van der Waals surface area contributed by atoms with Crippen LogP contribution in [-0.2, 0) is 0 Å². The van der Waals surface area contributed by atoms with E-state index in [2.05, 4.69) is 13.8 Å². The molecule has 1 rings (SSSR count). The molecule has 0 nitrogen and oxygen atoms in total. The zero-order valence-corrected chi connectivity index (χ0v) is 6.97. The molecule has 0 spiro atoms. The van der Waals surface area contributed by atoms with Gasteiger partial charge in [-0.1, -0.05) is 31.6 Å². The van der Waals surface area contributed by atoms with Crippen LogP contribution in [0.1, 0.15) is 20.3 Å². The Hall–Kier alpha value is -0.850. The van der Waals surface area contributed by atoms with Crippen LogP contribution in [0, 0.1) is 5.92 Å². The van der Waals surface area contributed by atoms with Gasteiger partial charge >= 0.3 is 0 Å². The molecule has 60 valence electrons. The molecule has 0 fully saturated rings. The summed E-state index contributed by atoms with van der Waals surface area (Å²) in [7, 11) is 0. The normalized spacial score (nSPS) is 17.8. The molecule has 0 aromatic carbocycles. The van der Waals surface area contributed by atoms with Gasteiger partial charge in [-0.15, -0.1) is 0 Å². The summed E-state index contributed by atoms with van der Waals surface area (Å²) in [6.45, 7) is 4.24. The Labute approximate surface area is 67.1 Å². The molecule has 0 radical (unpaired) electrons. The van der Waals surface area contributed by atoms with E-state index in [-0.39, 0.29) is 5.83 Å². The van der Waals surface area contributed by atoms with Crippen LogP contribution in [0.25, 0.3) is 0 Å². The van der Waals surface area contributed by atoms with E-state index in [9.17, 15) is 4.39 Å². The van der Waals surface area contributed by atoms with Crippen molar-refractivity contribution < 1.29 is 4.39 Å². The molecule has 0 aromatic rings. The Morgan fingerprint density at radius 2 is 2.18 bits per heavy atom. The average Bonchev–Trinajstić information content (AvgIpc) is 2.13. The van der Waals surface area contributed by atoms with Crippen LogP contribution in [-0.4, -0.2) is 0 Å². The monoisotopic (exact) mass is 152 g/mol. The SMILES string of the molecule is CC(C)C1=CC=CC(F)=CC1. The molecule has 0 amide bonds. The van der Waals surface area contributed by atoms with Crippen molar-refractivity contribution in [3.63, 3.8) is 0 Å². The maximum atomic E-state index is 12.6. The van der Waals surface area contributed by atoms with Crippen molar-refractivity contribution in [2.75, 3.05) is 0 Å². The van der Waals surface area contributed by atoms with Gasteiger partial charge in [-0.3, -0.25) is 0 Å². The first-order valence-electron chi connectivity index (χ1n) is 3.93. The third-order valence-electron chi connectivity index (χ3n) is 1.84. The summed E-state index contributed by atoms with van der Waals surface area (Å²) in [6, 6.07) is 0. The number of hydrogen-bond donors (Lipinski definition) is 0. The van der Waals surface area contributed by atoms with E-state index in [1.165, 1.54) is 11.6 Å². The predicted molar refractivity (Wildman–Crippen MR) is 45.9 cm³/mol. The second kappa shape index (κ2) is 3.51. The molecule has 0 bridgehead atoms. The third-order valence-corrected chi connectivity index (χ3v) is 1.84. The van der Waals surface area contributed by atoms with Crippen LogP contribution in [0.4, 0.5) is 4.39 Å². The van der Waals surface area contributed by atoms with E-state index in [1.807, 2.05) is 6.08 Å². The minimum Gasteiger partial charge on any atom is -0.207 e. The summed E-state index contributed by atoms with van der Waals surface area (Å²) in [5.74, 6) is 0.388. The first-order valence-corrected chi connectivity index (χ1v) is 3.93. The number of halogens is 1. The average molecular weight is 152 g/mol. The van der Waals surface area contributed by atoms with Gasteiger partial charge in [-0.2, -0.15) is 0 Å². The van der Waals surface area contributed by atoms with Gasteiger partial charge in [0, 0.05) is 0 Å². The second-order valence-corrected chi connectivity index (χ2v) is 3.05. The van der Waals surface area contributed by atoms with Crippen molar-refractivity contribution in [3.8, 4) is 0 Å². The zero-order valence-electron chi connectivity index (χ0n) is 6.97. The number of hydrogen-bond acceptors (Lipinski definition) is 0. The Balaban J connectivity index is 2.73. The standard InChI is InChI=1S/C10H13F/c1-8(2)9-4-3-5-10(11)7-6-9/h3-5,7-8H,6H2,1-2H3. The van der Waals surface area contributed by atoms with Crippen molar-refractivity contribution in [1.82, 2.24) is 0 Å². The van der Waals surface area contributed by atoms with Crippen LogP contribution in [0.5, 0.6) is 0 Å². The van der Waals surface area contributed by atoms with Gasteiger partial charge in [0.05, 0.1) is 0 Å². The largest absolute Gasteiger partial charge is 0.207 e. The third kappa shape index (κ3) is 2.34. The van der Waals surface area contributed by atoms with Crippen molar-refractivity contribution in [2.24, 2.45) is 5.92 Å². The van der Waals surface area contributed by atoms with Gasteiger partial charge in [0.15, 0.2) is 0 Å². The van der Waals surface area contributed by atoms with Gasteiger partial charge < -0.3 is 0 Å². The van der Waals surface area contributed by atoms with Crippen molar-refractivity contribution in [2.45, 2.75) is 20.3 Å². The van der Waals surface area contributed by atoms with Crippen molar-refractivity contribution in [3.05, 3.63) is 35.7 Å². The Bertz CT molecular complexity index is 216. The Morgan fingerprint density at radius 1 is 1.45 bits per heavy atom. The molecule has 1 aliphatic carbocycles. The molecule has 0 heterocycles. The van der Waals surface area contributed by atoms with E-state index < -0.39 is 0 Å². The van der Waals surface area contributed by atoms with Crippen LogP contribution in [0.3, 0.4) is 0 Å². The molecule has 1 aliphatic rings. The van der Waals surface area contributed by atoms with Gasteiger partial charge in [-0.25, -0.2) is 4.39 Å². The van der Waals surface area contributed by atoms with E-state index >= 15 is 0 Å². The predicted octanol–water partition coefficient (Wildman–Crippen LogP) is 3.38. The van der Waals surface area contributed by atoms with Gasteiger partial charge in [0.1, 0.15) is 5.83 Å². The molecule has 0 unspecified atom stereocenters. The molecule has 0 aliphatic heterocycles. The molecule has 11 heavy (non-hydrogen) atoms. The van der Waals surface area contributed by atoms with E-state index in [0.29, 0.717) is 5.92 Å². The quantitative estimate of drug-likeness (QED) is 0.540. The summed E-state index contributed by atoms with van der Waals surface area (Å²) in [6.07, 6.45) is 7.63. The molecular formula is C10H13F. The number of allylic oxidation sites excluding steroid dienone is 6. The summed E-state index contributed by atoms with van der Waals surface area (Å²) < 4.78 is 12.6. The topological polar surface area (TPSA) is 0 Å². The van der Waals surface area contributed by atoms with Gasteiger partial charge in [-0.05, 0) is 24.5 Å². The van der Waals surface area contributed by atoms with E-state index in [0.717, 1.165) is 6.42 Å². The first kappa shape index (κ1) is 8.25. The lowest BCUT2D eigenvalue weighted by atomic mass is 10.0. The van der Waals surface area contributed by atoms with Crippen LogP contribution < -0.4 is 0 Å². The summed E-state index contributed by atoms with van der Waals surface area (Å²) in [4.78, 5) is 0. The smallest absolute Gasteiger partial charge is 0.119 e. The van der Waals surface area contributed by atoms with Crippen LogP contribution in [0.15, 0.2) is 35.7 Å². The maximum Gasteiger partial charge on any atom is 0.119 e. The van der Waals surface area contributed by atoms with Crippen LogP contribution in [0.2, 0.25) is 0 Å². The molecule has 1 heteroatoms. The fourth-order valence-corrected chi connectivity index (χ4v) is 1.04. The van der Waals surface area contributed by atoms with Gasteiger partial charge in [0.2, 0.25) is 0 Å². The first-order chi connectivity index (χ1) is 5.20. The lowest BCUT2D eigenvalue weighted by Gasteiger charge is -2.05. The molecule has 0 saturated heterocycles. The zero-order chi connectivity index (χ0) is 8.27. The van der Waals surface area contributed by atoms with E-state index in [4.69, 9.17) is 0 Å². The molecule has 0 N–H and O–H groups in total. The minimum absolute atomic E-state index is 0.128. The van der Waals surface area contributed by atoms with Crippen molar-refractivity contribution in [1.29, 1.82) is 0 Å². The summed E-state index contributed by atoms with van der Waals surface area (Å²) >= 11 is 0. The molecule has 0 atom stereocenters.